The number of aliphatic hydroxyl groups is 2. The summed E-state index contributed by atoms with van der Waals surface area (Å²) in [6.07, 6.45) is -0.807. The average molecular weight is 244 g/mol. The van der Waals surface area contributed by atoms with Crippen molar-refractivity contribution in [1.82, 2.24) is 4.90 Å². The van der Waals surface area contributed by atoms with Gasteiger partial charge in [-0.15, -0.1) is 0 Å². The van der Waals surface area contributed by atoms with Crippen LogP contribution in [0.5, 0.6) is 0 Å². The maximum Gasteiger partial charge on any atom is 0.288 e. The number of nitrogens with zero attached hydrogens (tertiary/aromatic N) is 2. The van der Waals surface area contributed by atoms with Crippen LogP contribution in [0, 0.1) is 5.92 Å². The van der Waals surface area contributed by atoms with Gasteiger partial charge in [-0.1, -0.05) is 0 Å². The molecule has 0 radical (unpaired) electrons. The first-order valence-corrected chi connectivity index (χ1v) is 6.12. The van der Waals surface area contributed by atoms with Crippen molar-refractivity contribution in [2.24, 2.45) is 10.9 Å². The molecule has 0 bridgehead atoms. The van der Waals surface area contributed by atoms with Crippen LogP contribution in [0.4, 0.5) is 4.39 Å². The van der Waals surface area contributed by atoms with Gasteiger partial charge in [-0.05, 0) is 12.8 Å². The monoisotopic (exact) mass is 244 g/mol. The van der Waals surface area contributed by atoms with Crippen LogP contribution in [-0.2, 0) is 4.74 Å². The van der Waals surface area contributed by atoms with Gasteiger partial charge in [0, 0.05) is 19.0 Å². The number of fused-ring (bicyclic) bond motifs is 1. The minimum absolute atomic E-state index is 0.287. The summed E-state index contributed by atoms with van der Waals surface area (Å²) >= 11 is 0. The van der Waals surface area contributed by atoms with E-state index < -0.39 is 30.8 Å². The Kier molecular flexibility index (Phi) is 2.71. The summed E-state index contributed by atoms with van der Waals surface area (Å²) in [7, 11) is 0. The predicted molar refractivity (Wildman–Crippen MR) is 58.4 cm³/mol. The highest BCUT2D eigenvalue weighted by Gasteiger charge is 2.48. The summed E-state index contributed by atoms with van der Waals surface area (Å²) in [5, 5.41) is 19.7. The molecule has 1 saturated heterocycles. The number of hydrogen-bond donors (Lipinski definition) is 2. The van der Waals surface area contributed by atoms with Crippen molar-refractivity contribution < 1.29 is 19.3 Å². The van der Waals surface area contributed by atoms with Gasteiger partial charge >= 0.3 is 0 Å². The lowest BCUT2D eigenvalue weighted by Gasteiger charge is -2.36. The van der Waals surface area contributed by atoms with E-state index >= 15 is 0 Å². The number of hydrogen-bond acceptors (Lipinski definition) is 5. The lowest BCUT2D eigenvalue weighted by atomic mass is 9.80. The Bertz CT molecular complexity index is 335. The van der Waals surface area contributed by atoms with Crippen molar-refractivity contribution in [2.45, 2.75) is 37.2 Å². The number of ether oxygens (including phenoxy) is 1. The Balaban J connectivity index is 1.74. The number of rotatable bonds is 1. The molecule has 5 nitrogen and oxygen atoms in total. The molecule has 1 saturated carbocycles. The first kappa shape index (κ1) is 11.2. The highest BCUT2D eigenvalue weighted by atomic mass is 19.1. The third-order valence-electron chi connectivity index (χ3n) is 3.94. The van der Waals surface area contributed by atoms with Crippen LogP contribution in [0.15, 0.2) is 4.99 Å². The van der Waals surface area contributed by atoms with Gasteiger partial charge in [0.1, 0.15) is 18.2 Å². The lowest BCUT2D eigenvalue weighted by Crippen LogP contribution is -2.52. The topological polar surface area (TPSA) is 65.3 Å². The predicted octanol–water partition coefficient (Wildman–Crippen LogP) is -0.473. The van der Waals surface area contributed by atoms with Gasteiger partial charge in [-0.2, -0.15) is 0 Å². The molecule has 3 rings (SSSR count). The summed E-state index contributed by atoms with van der Waals surface area (Å²) < 4.78 is 18.4. The molecule has 17 heavy (non-hydrogen) atoms. The van der Waals surface area contributed by atoms with Crippen molar-refractivity contribution in [3.05, 3.63) is 0 Å². The fourth-order valence-electron chi connectivity index (χ4n) is 2.67. The second kappa shape index (κ2) is 4.10. The molecule has 0 unspecified atom stereocenters. The SMILES string of the molecule is O[C@@H]1[C@@H](CF)C[C@@H]2OC(N3CCC3)=N[C@@H]2[C@H]1O. The molecule has 2 aliphatic heterocycles. The Labute approximate surface area is 98.9 Å². The van der Waals surface area contributed by atoms with Crippen molar-refractivity contribution in [2.75, 3.05) is 19.8 Å². The van der Waals surface area contributed by atoms with Crippen molar-refractivity contribution >= 4 is 6.02 Å². The highest BCUT2D eigenvalue weighted by molar-refractivity contribution is 5.76. The largest absolute Gasteiger partial charge is 0.459 e. The Morgan fingerprint density at radius 1 is 1.35 bits per heavy atom. The highest BCUT2D eigenvalue weighted by Crippen LogP contribution is 2.34. The first-order valence-electron chi connectivity index (χ1n) is 6.12. The lowest BCUT2D eigenvalue weighted by molar-refractivity contribution is -0.0893. The molecule has 0 spiro atoms. The normalized spacial score (nSPS) is 44.8. The number of halogens is 1. The van der Waals surface area contributed by atoms with Gasteiger partial charge in [0.2, 0.25) is 0 Å². The number of amidine groups is 1. The number of aliphatic imine (C=N–C) groups is 1. The van der Waals surface area contributed by atoms with E-state index in [0.717, 1.165) is 19.5 Å². The molecule has 2 heterocycles. The van der Waals surface area contributed by atoms with Crippen molar-refractivity contribution in [1.29, 1.82) is 0 Å². The van der Waals surface area contributed by atoms with Gasteiger partial charge in [-0.25, -0.2) is 4.99 Å². The molecule has 0 aromatic heterocycles. The maximum atomic E-state index is 12.7. The molecule has 3 aliphatic rings. The standard InChI is InChI=1S/C11H17FN2O3/c12-5-6-4-7-8(10(16)9(6)15)13-11(17-7)14-2-1-3-14/h6-10,15-16H,1-5H2/t6-,7+,8+,9-,10-/m1/s1. The molecule has 0 aromatic rings. The Hall–Kier alpha value is -0.880. The average Bonchev–Trinajstić information content (AvgIpc) is 2.64. The fourth-order valence-corrected chi connectivity index (χ4v) is 2.67. The number of aliphatic hydroxyl groups excluding tert-OH is 2. The van der Waals surface area contributed by atoms with Gasteiger partial charge in [0.15, 0.2) is 0 Å². The van der Waals surface area contributed by atoms with E-state index in [1.54, 1.807) is 0 Å². The third-order valence-corrected chi connectivity index (χ3v) is 3.94. The first-order chi connectivity index (χ1) is 8.20. The van der Waals surface area contributed by atoms with Crippen molar-refractivity contribution in [3.63, 3.8) is 0 Å². The molecule has 2 fully saturated rings. The quantitative estimate of drug-likeness (QED) is 0.654. The molecule has 6 heteroatoms. The summed E-state index contributed by atoms with van der Waals surface area (Å²) in [6, 6.07) is 0.111. The Morgan fingerprint density at radius 2 is 2.12 bits per heavy atom. The summed E-state index contributed by atoms with van der Waals surface area (Å²) in [4.78, 5) is 6.32. The van der Waals surface area contributed by atoms with E-state index in [2.05, 4.69) is 4.99 Å². The van der Waals surface area contributed by atoms with E-state index in [-0.39, 0.29) is 6.10 Å². The van der Waals surface area contributed by atoms with Crippen LogP contribution in [0.25, 0.3) is 0 Å². The van der Waals surface area contributed by atoms with Gasteiger partial charge in [0.25, 0.3) is 6.02 Å². The minimum atomic E-state index is -1.04. The van der Waals surface area contributed by atoms with Crippen LogP contribution in [0.3, 0.4) is 0 Å². The minimum Gasteiger partial charge on any atom is -0.459 e. The molecule has 0 amide bonds. The number of likely N-dealkylation sites (tertiary alicyclic amines) is 1. The molecular formula is C11H17FN2O3. The van der Waals surface area contributed by atoms with Gasteiger partial charge in [0.05, 0.1) is 12.8 Å². The van der Waals surface area contributed by atoms with Crippen LogP contribution in [0.1, 0.15) is 12.8 Å². The van der Waals surface area contributed by atoms with E-state index in [1.165, 1.54) is 0 Å². The molecule has 1 aliphatic carbocycles. The zero-order chi connectivity index (χ0) is 12.0. The zero-order valence-electron chi connectivity index (χ0n) is 9.50. The summed E-state index contributed by atoms with van der Waals surface area (Å²) in [6.45, 7) is 1.21. The zero-order valence-corrected chi connectivity index (χ0v) is 9.50. The summed E-state index contributed by atoms with van der Waals surface area (Å²) in [5.74, 6) is -0.544. The van der Waals surface area contributed by atoms with E-state index in [4.69, 9.17) is 4.74 Å². The molecule has 0 aromatic carbocycles. The van der Waals surface area contributed by atoms with Gasteiger partial charge < -0.3 is 19.8 Å². The fraction of sp³-hybridized carbons (Fsp3) is 0.909. The summed E-state index contributed by atoms with van der Waals surface area (Å²) in [5.41, 5.74) is 0. The molecule has 5 atom stereocenters. The smallest absolute Gasteiger partial charge is 0.288 e. The van der Waals surface area contributed by atoms with Crippen LogP contribution in [0.2, 0.25) is 0 Å². The molecule has 2 N–H and O–H groups in total. The third kappa shape index (κ3) is 1.70. The van der Waals surface area contributed by atoms with Crippen LogP contribution in [-0.4, -0.2) is 65.3 Å². The van der Waals surface area contributed by atoms with E-state index in [0.29, 0.717) is 12.4 Å². The second-order valence-corrected chi connectivity index (χ2v) is 5.03. The second-order valence-electron chi connectivity index (χ2n) is 5.03. The Morgan fingerprint density at radius 3 is 2.71 bits per heavy atom. The van der Waals surface area contributed by atoms with Crippen LogP contribution >= 0.6 is 0 Å². The van der Waals surface area contributed by atoms with E-state index in [1.807, 2.05) is 4.90 Å². The maximum absolute atomic E-state index is 12.7. The van der Waals surface area contributed by atoms with Gasteiger partial charge in [-0.3, -0.25) is 4.39 Å². The van der Waals surface area contributed by atoms with E-state index in [9.17, 15) is 14.6 Å². The number of alkyl halides is 1. The molecular weight excluding hydrogens is 227 g/mol. The van der Waals surface area contributed by atoms with Crippen molar-refractivity contribution in [3.8, 4) is 0 Å². The van der Waals surface area contributed by atoms with Crippen LogP contribution < -0.4 is 0 Å². The molecule has 96 valence electrons.